The highest BCUT2D eigenvalue weighted by atomic mass is 16.5. The lowest BCUT2D eigenvalue weighted by molar-refractivity contribution is 0.191. The third kappa shape index (κ3) is 5.84. The number of nitrogens with one attached hydrogen (secondary N) is 1. The molecule has 0 spiro atoms. The molecule has 0 aromatic carbocycles. The van der Waals surface area contributed by atoms with Crippen molar-refractivity contribution in [2.75, 3.05) is 20.3 Å². The first-order chi connectivity index (χ1) is 8.24. The Labute approximate surface area is 104 Å². The van der Waals surface area contributed by atoms with Gasteiger partial charge in [0.15, 0.2) is 0 Å². The van der Waals surface area contributed by atoms with E-state index in [2.05, 4.69) is 34.9 Å². The van der Waals surface area contributed by atoms with Gasteiger partial charge < -0.3 is 14.6 Å². The second-order valence-electron chi connectivity index (χ2n) is 4.76. The molecule has 0 amide bonds. The number of aromatic nitrogens is 2. The predicted molar refractivity (Wildman–Crippen MR) is 69.9 cm³/mol. The molecule has 0 aliphatic carbocycles. The monoisotopic (exact) mass is 239 g/mol. The van der Waals surface area contributed by atoms with Gasteiger partial charge in [0.25, 0.3) is 0 Å². The van der Waals surface area contributed by atoms with E-state index in [9.17, 15) is 0 Å². The van der Waals surface area contributed by atoms with E-state index >= 15 is 0 Å². The Morgan fingerprint density at radius 1 is 1.41 bits per heavy atom. The molecule has 1 rings (SSSR count). The Kier molecular flexibility index (Phi) is 6.89. The van der Waals surface area contributed by atoms with Crippen LogP contribution in [0.25, 0.3) is 0 Å². The van der Waals surface area contributed by atoms with Crippen molar-refractivity contribution >= 4 is 0 Å². The lowest BCUT2D eigenvalue weighted by Gasteiger charge is -2.10. The Morgan fingerprint density at radius 3 is 2.94 bits per heavy atom. The number of hydrogen-bond acceptors (Lipinski definition) is 3. The van der Waals surface area contributed by atoms with Gasteiger partial charge in [0.2, 0.25) is 0 Å². The molecule has 0 aliphatic heterocycles. The Bertz CT molecular complexity index is 297. The summed E-state index contributed by atoms with van der Waals surface area (Å²) in [6.07, 6.45) is 6.18. The van der Waals surface area contributed by atoms with Crippen molar-refractivity contribution in [3.8, 4) is 0 Å². The summed E-state index contributed by atoms with van der Waals surface area (Å²) in [4.78, 5) is 4.38. The van der Waals surface area contributed by atoms with E-state index in [1.807, 2.05) is 6.20 Å². The number of methoxy groups -OCH3 is 1. The maximum absolute atomic E-state index is 5.05. The van der Waals surface area contributed by atoms with Crippen LogP contribution in [0.5, 0.6) is 0 Å². The molecule has 0 bridgehead atoms. The largest absolute Gasteiger partial charge is 0.385 e. The molecule has 0 fully saturated rings. The number of unbranched alkanes of at least 4 members (excludes halogenated alkanes) is 1. The van der Waals surface area contributed by atoms with Crippen LogP contribution in [0.3, 0.4) is 0 Å². The van der Waals surface area contributed by atoms with Crippen molar-refractivity contribution in [3.05, 3.63) is 18.2 Å². The SMILES string of the molecule is COCCCCn1ccnc1CNCC(C)C. The molecule has 17 heavy (non-hydrogen) atoms. The van der Waals surface area contributed by atoms with Crippen molar-refractivity contribution < 1.29 is 4.74 Å². The van der Waals surface area contributed by atoms with Crippen LogP contribution in [-0.2, 0) is 17.8 Å². The van der Waals surface area contributed by atoms with E-state index in [1.54, 1.807) is 7.11 Å². The number of nitrogens with zero attached hydrogens (tertiary/aromatic N) is 2. The van der Waals surface area contributed by atoms with Gasteiger partial charge in [-0.2, -0.15) is 0 Å². The third-order valence-electron chi connectivity index (χ3n) is 2.63. The first kappa shape index (κ1) is 14.2. The summed E-state index contributed by atoms with van der Waals surface area (Å²) in [5.74, 6) is 1.81. The molecular weight excluding hydrogens is 214 g/mol. The standard InChI is InChI=1S/C13H25N3O/c1-12(2)10-14-11-13-15-6-8-16(13)7-4-5-9-17-3/h6,8,12,14H,4-5,7,9-11H2,1-3H3. The fourth-order valence-corrected chi connectivity index (χ4v) is 1.71. The highest BCUT2D eigenvalue weighted by molar-refractivity contribution is 4.91. The molecule has 1 aromatic heterocycles. The molecule has 0 radical (unpaired) electrons. The summed E-state index contributed by atoms with van der Waals surface area (Å²) >= 11 is 0. The molecular formula is C13H25N3O. The second-order valence-corrected chi connectivity index (χ2v) is 4.76. The lowest BCUT2D eigenvalue weighted by Crippen LogP contribution is -2.21. The summed E-state index contributed by atoms with van der Waals surface area (Å²) in [5, 5.41) is 3.42. The van der Waals surface area contributed by atoms with Crippen molar-refractivity contribution in [1.82, 2.24) is 14.9 Å². The smallest absolute Gasteiger partial charge is 0.122 e. The van der Waals surface area contributed by atoms with Crippen LogP contribution in [-0.4, -0.2) is 29.8 Å². The normalized spacial score (nSPS) is 11.3. The van der Waals surface area contributed by atoms with Crippen LogP contribution in [0, 0.1) is 5.92 Å². The van der Waals surface area contributed by atoms with E-state index in [4.69, 9.17) is 4.74 Å². The van der Waals surface area contributed by atoms with Gasteiger partial charge in [-0.15, -0.1) is 0 Å². The number of imidazole rings is 1. The summed E-state index contributed by atoms with van der Waals surface area (Å²) in [6.45, 7) is 8.19. The molecule has 0 atom stereocenters. The number of hydrogen-bond donors (Lipinski definition) is 1. The first-order valence-electron chi connectivity index (χ1n) is 6.43. The maximum atomic E-state index is 5.05. The van der Waals surface area contributed by atoms with E-state index in [1.165, 1.54) is 0 Å². The fourth-order valence-electron chi connectivity index (χ4n) is 1.71. The van der Waals surface area contributed by atoms with Crippen molar-refractivity contribution in [1.29, 1.82) is 0 Å². The van der Waals surface area contributed by atoms with Crippen LogP contribution in [0.4, 0.5) is 0 Å². The first-order valence-corrected chi connectivity index (χ1v) is 6.43. The summed E-state index contributed by atoms with van der Waals surface area (Å²) in [6, 6.07) is 0. The van der Waals surface area contributed by atoms with Gasteiger partial charge in [-0.1, -0.05) is 13.8 Å². The average molecular weight is 239 g/mol. The molecule has 1 aromatic rings. The van der Waals surface area contributed by atoms with Crippen LogP contribution >= 0.6 is 0 Å². The molecule has 0 unspecified atom stereocenters. The van der Waals surface area contributed by atoms with Crippen LogP contribution in [0.2, 0.25) is 0 Å². The minimum absolute atomic E-state index is 0.681. The van der Waals surface area contributed by atoms with Gasteiger partial charge in [0, 0.05) is 32.7 Å². The Morgan fingerprint density at radius 2 is 2.24 bits per heavy atom. The van der Waals surface area contributed by atoms with E-state index in [-0.39, 0.29) is 0 Å². The van der Waals surface area contributed by atoms with Crippen molar-refractivity contribution in [3.63, 3.8) is 0 Å². The van der Waals surface area contributed by atoms with Gasteiger partial charge in [-0.3, -0.25) is 0 Å². The predicted octanol–water partition coefficient (Wildman–Crippen LogP) is 2.06. The quantitative estimate of drug-likeness (QED) is 0.670. The minimum Gasteiger partial charge on any atom is -0.385 e. The maximum Gasteiger partial charge on any atom is 0.122 e. The Hall–Kier alpha value is -0.870. The Balaban J connectivity index is 2.27. The average Bonchev–Trinajstić information content (AvgIpc) is 2.72. The zero-order chi connectivity index (χ0) is 12.5. The minimum atomic E-state index is 0.681. The second kappa shape index (κ2) is 8.25. The lowest BCUT2D eigenvalue weighted by atomic mass is 10.2. The van der Waals surface area contributed by atoms with Gasteiger partial charge in [0.1, 0.15) is 5.82 Å². The molecule has 0 aliphatic rings. The van der Waals surface area contributed by atoms with Crippen LogP contribution < -0.4 is 5.32 Å². The summed E-state index contributed by atoms with van der Waals surface area (Å²) in [5.41, 5.74) is 0. The summed E-state index contributed by atoms with van der Waals surface area (Å²) in [7, 11) is 1.75. The van der Waals surface area contributed by atoms with Gasteiger partial charge in [-0.05, 0) is 25.3 Å². The molecule has 0 saturated heterocycles. The van der Waals surface area contributed by atoms with Gasteiger partial charge in [-0.25, -0.2) is 4.98 Å². The molecule has 1 heterocycles. The zero-order valence-corrected chi connectivity index (χ0v) is 11.3. The van der Waals surface area contributed by atoms with E-state index in [0.717, 1.165) is 44.9 Å². The highest BCUT2D eigenvalue weighted by Gasteiger charge is 2.02. The van der Waals surface area contributed by atoms with Crippen molar-refractivity contribution in [2.24, 2.45) is 5.92 Å². The zero-order valence-electron chi connectivity index (χ0n) is 11.3. The molecule has 4 nitrogen and oxygen atoms in total. The molecule has 4 heteroatoms. The van der Waals surface area contributed by atoms with E-state index < -0.39 is 0 Å². The molecule has 0 saturated carbocycles. The number of rotatable bonds is 9. The molecule has 98 valence electrons. The number of aryl methyl sites for hydroxylation is 1. The van der Waals surface area contributed by atoms with E-state index in [0.29, 0.717) is 5.92 Å². The number of ether oxygens (including phenoxy) is 1. The fraction of sp³-hybridized carbons (Fsp3) is 0.769. The highest BCUT2D eigenvalue weighted by Crippen LogP contribution is 2.02. The molecule has 1 N–H and O–H groups in total. The van der Waals surface area contributed by atoms with Crippen LogP contribution in [0.1, 0.15) is 32.5 Å². The third-order valence-corrected chi connectivity index (χ3v) is 2.63. The van der Waals surface area contributed by atoms with Gasteiger partial charge >= 0.3 is 0 Å². The van der Waals surface area contributed by atoms with Crippen molar-refractivity contribution in [2.45, 2.75) is 39.8 Å². The summed E-state index contributed by atoms with van der Waals surface area (Å²) < 4.78 is 7.27. The topological polar surface area (TPSA) is 39.1 Å². The van der Waals surface area contributed by atoms with Gasteiger partial charge in [0.05, 0.1) is 6.54 Å². The van der Waals surface area contributed by atoms with Crippen LogP contribution in [0.15, 0.2) is 12.4 Å².